The van der Waals surface area contributed by atoms with Crippen LogP contribution in [0.1, 0.15) is 32.8 Å². The molecule has 1 atom stereocenters. The van der Waals surface area contributed by atoms with E-state index in [0.717, 1.165) is 17.5 Å². The van der Waals surface area contributed by atoms with Crippen molar-refractivity contribution in [3.8, 4) is 11.1 Å². The van der Waals surface area contributed by atoms with Gasteiger partial charge in [0.15, 0.2) is 0 Å². The van der Waals surface area contributed by atoms with Crippen LogP contribution in [0.3, 0.4) is 0 Å². The minimum atomic E-state index is -1.50. The number of hydrogen-bond acceptors (Lipinski definition) is 2. The van der Waals surface area contributed by atoms with E-state index in [1.807, 2.05) is 12.1 Å². The van der Waals surface area contributed by atoms with Gasteiger partial charge in [-0.05, 0) is 35.2 Å². The molecule has 0 spiro atoms. The zero-order chi connectivity index (χ0) is 17.9. The van der Waals surface area contributed by atoms with Crippen LogP contribution in [-0.2, 0) is 22.2 Å². The van der Waals surface area contributed by atoms with Gasteiger partial charge in [-0.1, -0.05) is 63.6 Å². The number of carboxylic acids is 1. The first-order chi connectivity index (χ1) is 11.5. The predicted molar refractivity (Wildman–Crippen MR) is 99.3 cm³/mol. The second-order valence-corrected chi connectivity index (χ2v) is 6.56. The molecule has 2 aromatic rings. The lowest BCUT2D eigenvalue weighted by Gasteiger charge is -2.06. The summed E-state index contributed by atoms with van der Waals surface area (Å²) in [6.45, 7) is 6.04. The van der Waals surface area contributed by atoms with Crippen LogP contribution in [-0.4, -0.2) is 21.8 Å². The van der Waals surface area contributed by atoms with E-state index in [1.54, 1.807) is 12.1 Å². The number of carbonyl (C=O) groups is 1. The molecule has 2 N–H and O–H groups in total. The molecule has 24 heavy (non-hydrogen) atoms. The van der Waals surface area contributed by atoms with E-state index in [4.69, 9.17) is 5.11 Å². The van der Waals surface area contributed by atoms with Gasteiger partial charge < -0.3 is 5.11 Å². The van der Waals surface area contributed by atoms with Gasteiger partial charge in [0.2, 0.25) is 0 Å². The van der Waals surface area contributed by atoms with Crippen LogP contribution >= 0.6 is 0 Å². The average molecular weight is 347 g/mol. The highest BCUT2D eigenvalue weighted by atomic mass is 32.2. The Kier molecular flexibility index (Phi) is 8.97. The molecular formula is C19H25NO3S. The van der Waals surface area contributed by atoms with Crippen molar-refractivity contribution in [1.29, 1.82) is 0 Å². The minimum absolute atomic E-state index is 0.327. The average Bonchev–Trinajstić information content (AvgIpc) is 2.60. The van der Waals surface area contributed by atoms with Crippen molar-refractivity contribution in [2.75, 3.05) is 6.54 Å². The fourth-order valence-corrected chi connectivity index (χ4v) is 2.72. The summed E-state index contributed by atoms with van der Waals surface area (Å²) in [5.41, 5.74) is 3.43. The molecule has 0 fully saturated rings. The lowest BCUT2D eigenvalue weighted by Crippen LogP contribution is -2.24. The Balaban J connectivity index is 0.000000891. The summed E-state index contributed by atoms with van der Waals surface area (Å²) in [4.78, 5) is 11.0. The van der Waals surface area contributed by atoms with E-state index in [-0.39, 0.29) is 6.54 Å². The second-order valence-electron chi connectivity index (χ2n) is 5.27. The van der Waals surface area contributed by atoms with E-state index in [0.29, 0.717) is 4.90 Å². The normalized spacial score (nSPS) is 11.3. The van der Waals surface area contributed by atoms with Crippen LogP contribution < -0.4 is 4.72 Å². The lowest BCUT2D eigenvalue weighted by atomic mass is 10.0. The monoisotopic (exact) mass is 347 g/mol. The molecule has 0 bridgehead atoms. The van der Waals surface area contributed by atoms with Gasteiger partial charge in [0, 0.05) is 0 Å². The van der Waals surface area contributed by atoms with Crippen molar-refractivity contribution in [1.82, 2.24) is 4.72 Å². The standard InChI is InChI=1S/C16H17NO3S.C3H8/c1-2-12-3-5-13(6-4-12)14-7-9-15(10-8-14)21(20)17-11-16(18)19;1-3-2/h3-10,17H,2,11H2,1H3,(H,18,19);3H2,1-2H3. The topological polar surface area (TPSA) is 66.4 Å². The first kappa shape index (κ1) is 20.1. The number of aliphatic carboxylic acids is 1. The van der Waals surface area contributed by atoms with Crippen molar-refractivity contribution < 1.29 is 14.1 Å². The Labute approximate surface area is 146 Å². The Morgan fingerprint density at radius 2 is 1.42 bits per heavy atom. The van der Waals surface area contributed by atoms with Crippen LogP contribution in [0.15, 0.2) is 53.4 Å². The molecule has 0 amide bonds. The molecule has 0 aromatic heterocycles. The van der Waals surface area contributed by atoms with Crippen molar-refractivity contribution in [3.05, 3.63) is 54.1 Å². The highest BCUT2D eigenvalue weighted by molar-refractivity contribution is 7.83. The van der Waals surface area contributed by atoms with E-state index >= 15 is 0 Å². The van der Waals surface area contributed by atoms with Crippen molar-refractivity contribution in [2.45, 2.75) is 38.5 Å². The summed E-state index contributed by atoms with van der Waals surface area (Å²) < 4.78 is 14.3. The fraction of sp³-hybridized carbons (Fsp3) is 0.316. The first-order valence-corrected chi connectivity index (χ1v) is 9.23. The van der Waals surface area contributed by atoms with Gasteiger partial charge in [0.1, 0.15) is 17.5 Å². The Morgan fingerprint density at radius 1 is 0.958 bits per heavy atom. The zero-order valence-electron chi connectivity index (χ0n) is 14.4. The van der Waals surface area contributed by atoms with Gasteiger partial charge in [0.05, 0.1) is 4.90 Å². The van der Waals surface area contributed by atoms with Crippen LogP contribution in [0.4, 0.5) is 0 Å². The third-order valence-electron chi connectivity index (χ3n) is 3.12. The maximum Gasteiger partial charge on any atom is 0.318 e. The van der Waals surface area contributed by atoms with Crippen LogP contribution in [0.5, 0.6) is 0 Å². The van der Waals surface area contributed by atoms with E-state index < -0.39 is 17.0 Å². The smallest absolute Gasteiger partial charge is 0.318 e. The number of benzene rings is 2. The van der Waals surface area contributed by atoms with Crippen LogP contribution in [0.25, 0.3) is 11.1 Å². The molecule has 0 aliphatic rings. The van der Waals surface area contributed by atoms with Crippen LogP contribution in [0.2, 0.25) is 0 Å². The Morgan fingerprint density at radius 3 is 1.83 bits per heavy atom. The summed E-state index contributed by atoms with van der Waals surface area (Å²) in [5, 5.41) is 8.55. The minimum Gasteiger partial charge on any atom is -0.480 e. The number of aryl methyl sites for hydroxylation is 1. The van der Waals surface area contributed by atoms with Crippen molar-refractivity contribution in [2.24, 2.45) is 0 Å². The third-order valence-corrected chi connectivity index (χ3v) is 4.23. The highest BCUT2D eigenvalue weighted by Gasteiger charge is 2.06. The Hall–Kier alpha value is -1.98. The molecule has 0 heterocycles. The first-order valence-electron chi connectivity index (χ1n) is 8.08. The van der Waals surface area contributed by atoms with E-state index in [2.05, 4.69) is 49.8 Å². The van der Waals surface area contributed by atoms with Gasteiger partial charge in [-0.3, -0.25) is 4.79 Å². The van der Waals surface area contributed by atoms with Crippen molar-refractivity contribution >= 4 is 17.0 Å². The predicted octanol–water partition coefficient (Wildman–Crippen LogP) is 4.03. The number of carboxylic acid groups (broad SMARTS) is 1. The molecule has 4 nitrogen and oxygen atoms in total. The molecule has 0 radical (unpaired) electrons. The molecule has 1 unspecified atom stereocenters. The number of hydrogen-bond donors (Lipinski definition) is 2. The molecule has 130 valence electrons. The maximum absolute atomic E-state index is 11.8. The summed E-state index contributed by atoms with van der Waals surface area (Å²) in [6.07, 6.45) is 2.26. The summed E-state index contributed by atoms with van der Waals surface area (Å²) in [7, 11) is -1.50. The van der Waals surface area contributed by atoms with E-state index in [9.17, 15) is 9.00 Å². The van der Waals surface area contributed by atoms with Crippen LogP contribution in [0, 0.1) is 0 Å². The lowest BCUT2D eigenvalue weighted by molar-refractivity contribution is -0.135. The molecule has 0 saturated heterocycles. The van der Waals surface area contributed by atoms with Crippen molar-refractivity contribution in [3.63, 3.8) is 0 Å². The zero-order valence-corrected chi connectivity index (χ0v) is 15.2. The molecule has 2 rings (SSSR count). The Bertz CT molecular complexity index is 651. The highest BCUT2D eigenvalue weighted by Crippen LogP contribution is 2.21. The number of nitrogens with one attached hydrogen (secondary N) is 1. The molecule has 0 saturated carbocycles. The largest absolute Gasteiger partial charge is 0.480 e. The van der Waals surface area contributed by atoms with Gasteiger partial charge in [-0.2, -0.15) is 0 Å². The SMILES string of the molecule is CCC.CCc1ccc(-c2ccc(S(=O)NCC(=O)O)cc2)cc1. The number of rotatable bonds is 6. The molecule has 2 aromatic carbocycles. The van der Waals surface area contributed by atoms with E-state index in [1.165, 1.54) is 12.0 Å². The van der Waals surface area contributed by atoms with Gasteiger partial charge in [0.25, 0.3) is 0 Å². The van der Waals surface area contributed by atoms with Gasteiger partial charge >= 0.3 is 5.97 Å². The fourth-order valence-electron chi connectivity index (χ4n) is 1.91. The van der Waals surface area contributed by atoms with Gasteiger partial charge in [-0.25, -0.2) is 8.93 Å². The summed E-state index contributed by atoms with van der Waals surface area (Å²) >= 11 is 0. The third kappa shape index (κ3) is 6.64. The second kappa shape index (κ2) is 10.7. The summed E-state index contributed by atoms with van der Waals surface area (Å²) in [5.74, 6) is -1.03. The quantitative estimate of drug-likeness (QED) is 0.829. The maximum atomic E-state index is 11.8. The molecule has 0 aliphatic carbocycles. The molecule has 5 heteroatoms. The molecular weight excluding hydrogens is 322 g/mol. The summed E-state index contributed by atoms with van der Waals surface area (Å²) in [6, 6.07) is 15.6. The van der Waals surface area contributed by atoms with Gasteiger partial charge in [-0.15, -0.1) is 0 Å². The molecule has 0 aliphatic heterocycles.